The molecule has 0 spiro atoms. The topological polar surface area (TPSA) is 94.1 Å². The van der Waals surface area contributed by atoms with Crippen molar-refractivity contribution in [2.45, 2.75) is 12.5 Å². The SMILES string of the molecule is COC(=O)CC(NC(=O)c1csc(-c2ncccn2)n1)c1ccc(Cl)cc1. The molecule has 138 valence electrons. The molecule has 3 aromatic rings. The van der Waals surface area contributed by atoms with Gasteiger partial charge in [-0.05, 0) is 23.8 Å². The lowest BCUT2D eigenvalue weighted by atomic mass is 10.0. The van der Waals surface area contributed by atoms with Crippen molar-refractivity contribution in [3.05, 3.63) is 64.4 Å². The van der Waals surface area contributed by atoms with Crippen LogP contribution in [0.5, 0.6) is 0 Å². The van der Waals surface area contributed by atoms with Crippen LogP contribution < -0.4 is 5.32 Å². The van der Waals surface area contributed by atoms with E-state index in [1.807, 2.05) is 0 Å². The maximum Gasteiger partial charge on any atom is 0.307 e. The summed E-state index contributed by atoms with van der Waals surface area (Å²) in [5.74, 6) is -0.394. The Labute approximate surface area is 164 Å². The first-order valence-corrected chi connectivity index (χ1v) is 9.18. The number of aromatic nitrogens is 3. The second-order valence-electron chi connectivity index (χ2n) is 5.47. The second-order valence-corrected chi connectivity index (χ2v) is 6.76. The zero-order valence-electron chi connectivity index (χ0n) is 14.3. The molecule has 0 fully saturated rings. The highest BCUT2D eigenvalue weighted by Gasteiger charge is 2.21. The highest BCUT2D eigenvalue weighted by Crippen LogP contribution is 2.23. The third-order valence-corrected chi connectivity index (χ3v) is 4.76. The van der Waals surface area contributed by atoms with Gasteiger partial charge in [0, 0.05) is 22.8 Å². The van der Waals surface area contributed by atoms with Crippen LogP contribution in [-0.4, -0.2) is 33.9 Å². The van der Waals surface area contributed by atoms with Gasteiger partial charge in [0.15, 0.2) is 10.8 Å². The fourth-order valence-electron chi connectivity index (χ4n) is 2.32. The van der Waals surface area contributed by atoms with Gasteiger partial charge in [-0.2, -0.15) is 0 Å². The molecule has 1 unspecified atom stereocenters. The summed E-state index contributed by atoms with van der Waals surface area (Å²) in [5, 5.41) is 5.55. The number of esters is 1. The molecule has 7 nitrogen and oxygen atoms in total. The largest absolute Gasteiger partial charge is 0.469 e. The molecule has 1 N–H and O–H groups in total. The zero-order valence-corrected chi connectivity index (χ0v) is 15.8. The van der Waals surface area contributed by atoms with Crippen molar-refractivity contribution in [1.29, 1.82) is 0 Å². The van der Waals surface area contributed by atoms with E-state index >= 15 is 0 Å². The van der Waals surface area contributed by atoms with E-state index in [-0.39, 0.29) is 12.1 Å². The van der Waals surface area contributed by atoms with Crippen LogP contribution in [0.25, 0.3) is 10.8 Å². The van der Waals surface area contributed by atoms with Crippen molar-refractivity contribution in [2.75, 3.05) is 7.11 Å². The Kier molecular flexibility index (Phi) is 6.10. The minimum Gasteiger partial charge on any atom is -0.469 e. The number of carbonyl (C=O) groups is 2. The monoisotopic (exact) mass is 402 g/mol. The molecule has 0 aliphatic rings. The fraction of sp³-hybridized carbons (Fsp3) is 0.167. The number of halogens is 1. The quantitative estimate of drug-likeness (QED) is 0.636. The van der Waals surface area contributed by atoms with Gasteiger partial charge in [-0.15, -0.1) is 11.3 Å². The maximum atomic E-state index is 12.6. The van der Waals surface area contributed by atoms with Crippen LogP contribution in [0.15, 0.2) is 48.1 Å². The first kappa shape index (κ1) is 18.9. The van der Waals surface area contributed by atoms with E-state index in [1.54, 1.807) is 48.1 Å². The molecule has 1 aromatic carbocycles. The smallest absolute Gasteiger partial charge is 0.307 e. The van der Waals surface area contributed by atoms with E-state index in [9.17, 15) is 9.59 Å². The average molecular weight is 403 g/mol. The molecule has 1 amide bonds. The van der Waals surface area contributed by atoms with E-state index in [0.29, 0.717) is 15.9 Å². The maximum absolute atomic E-state index is 12.6. The Morgan fingerprint density at radius 2 is 1.93 bits per heavy atom. The molecule has 3 rings (SSSR count). The number of hydrogen-bond donors (Lipinski definition) is 1. The molecule has 0 saturated carbocycles. The van der Waals surface area contributed by atoms with Crippen molar-refractivity contribution >= 4 is 34.8 Å². The lowest BCUT2D eigenvalue weighted by Crippen LogP contribution is -2.30. The van der Waals surface area contributed by atoms with Gasteiger partial charge in [0.2, 0.25) is 0 Å². The lowest BCUT2D eigenvalue weighted by molar-refractivity contribution is -0.141. The third-order valence-electron chi connectivity index (χ3n) is 3.67. The zero-order chi connectivity index (χ0) is 19.2. The predicted octanol–water partition coefficient (Wildman–Crippen LogP) is 3.29. The number of amides is 1. The molecule has 1 atom stereocenters. The number of nitrogens with one attached hydrogen (secondary N) is 1. The summed E-state index contributed by atoms with van der Waals surface area (Å²) in [7, 11) is 1.30. The van der Waals surface area contributed by atoms with Crippen LogP contribution in [-0.2, 0) is 9.53 Å². The van der Waals surface area contributed by atoms with Crippen LogP contribution in [0.4, 0.5) is 0 Å². The summed E-state index contributed by atoms with van der Waals surface area (Å²) in [6, 6.07) is 8.03. The molecule has 0 aliphatic heterocycles. The molecule has 27 heavy (non-hydrogen) atoms. The number of thiazole rings is 1. The summed E-state index contributed by atoms with van der Waals surface area (Å²) in [5.41, 5.74) is 0.964. The number of rotatable bonds is 6. The number of nitrogens with zero attached hydrogens (tertiary/aromatic N) is 3. The predicted molar refractivity (Wildman–Crippen MR) is 101 cm³/mol. The molecule has 0 saturated heterocycles. The minimum absolute atomic E-state index is 0.0112. The molecular formula is C18H15ClN4O3S. The number of ether oxygens (including phenoxy) is 1. The van der Waals surface area contributed by atoms with E-state index in [4.69, 9.17) is 16.3 Å². The van der Waals surface area contributed by atoms with Crippen LogP contribution >= 0.6 is 22.9 Å². The molecule has 0 bridgehead atoms. The summed E-state index contributed by atoms with van der Waals surface area (Å²) in [6.45, 7) is 0. The van der Waals surface area contributed by atoms with Crippen molar-refractivity contribution < 1.29 is 14.3 Å². The first-order valence-electron chi connectivity index (χ1n) is 7.93. The van der Waals surface area contributed by atoms with Crippen molar-refractivity contribution in [2.24, 2.45) is 0 Å². The fourth-order valence-corrected chi connectivity index (χ4v) is 3.19. The highest BCUT2D eigenvalue weighted by atomic mass is 35.5. The minimum atomic E-state index is -0.569. The van der Waals surface area contributed by atoms with E-state index in [2.05, 4.69) is 20.3 Å². The second kappa shape index (κ2) is 8.70. The van der Waals surface area contributed by atoms with Gasteiger partial charge in [-0.3, -0.25) is 9.59 Å². The molecular weight excluding hydrogens is 388 g/mol. The summed E-state index contributed by atoms with van der Waals surface area (Å²) in [4.78, 5) is 36.9. The molecule has 2 aromatic heterocycles. The summed E-state index contributed by atoms with van der Waals surface area (Å²) >= 11 is 7.18. The Bertz CT molecular complexity index is 931. The molecule has 9 heteroatoms. The Morgan fingerprint density at radius 3 is 2.59 bits per heavy atom. The Hall–Kier alpha value is -2.84. The van der Waals surface area contributed by atoms with Crippen molar-refractivity contribution in [3.8, 4) is 10.8 Å². The number of methoxy groups -OCH3 is 1. The van der Waals surface area contributed by atoms with E-state index < -0.39 is 17.9 Å². The van der Waals surface area contributed by atoms with Gasteiger partial charge >= 0.3 is 5.97 Å². The normalized spacial score (nSPS) is 11.6. The Balaban J connectivity index is 1.79. The third kappa shape index (κ3) is 4.87. The average Bonchev–Trinajstić information content (AvgIpc) is 3.19. The number of hydrogen-bond acceptors (Lipinski definition) is 7. The van der Waals surface area contributed by atoms with Crippen LogP contribution in [0.2, 0.25) is 5.02 Å². The standard InChI is InChI=1S/C18H15ClN4O3S/c1-26-15(24)9-13(11-3-5-12(19)6-4-11)22-17(25)14-10-27-18(23-14)16-20-7-2-8-21-16/h2-8,10,13H,9H2,1H3,(H,22,25). The number of carbonyl (C=O) groups excluding carboxylic acids is 2. The van der Waals surface area contributed by atoms with E-state index in [1.165, 1.54) is 18.4 Å². The van der Waals surface area contributed by atoms with Gasteiger partial charge in [0.05, 0.1) is 19.6 Å². The van der Waals surface area contributed by atoms with Crippen molar-refractivity contribution in [1.82, 2.24) is 20.3 Å². The summed E-state index contributed by atoms with van der Waals surface area (Å²) < 4.78 is 4.73. The van der Waals surface area contributed by atoms with Crippen LogP contribution in [0.3, 0.4) is 0 Å². The van der Waals surface area contributed by atoms with Gasteiger partial charge in [0.1, 0.15) is 5.69 Å². The lowest BCUT2D eigenvalue weighted by Gasteiger charge is -2.17. The Morgan fingerprint density at radius 1 is 1.22 bits per heavy atom. The summed E-state index contributed by atoms with van der Waals surface area (Å²) in [6.07, 6.45) is 3.20. The number of benzene rings is 1. The van der Waals surface area contributed by atoms with E-state index in [0.717, 1.165) is 5.56 Å². The molecule has 0 radical (unpaired) electrons. The van der Waals surface area contributed by atoms with Gasteiger partial charge in [0.25, 0.3) is 5.91 Å². The molecule has 0 aliphatic carbocycles. The van der Waals surface area contributed by atoms with Gasteiger partial charge in [-0.25, -0.2) is 15.0 Å². The van der Waals surface area contributed by atoms with Gasteiger partial charge < -0.3 is 10.1 Å². The van der Waals surface area contributed by atoms with Crippen molar-refractivity contribution in [3.63, 3.8) is 0 Å². The molecule has 2 heterocycles. The van der Waals surface area contributed by atoms with Crippen LogP contribution in [0, 0.1) is 0 Å². The highest BCUT2D eigenvalue weighted by molar-refractivity contribution is 7.13. The first-order chi connectivity index (χ1) is 13.1. The van der Waals surface area contributed by atoms with Crippen LogP contribution in [0.1, 0.15) is 28.5 Å². The van der Waals surface area contributed by atoms with Gasteiger partial charge in [-0.1, -0.05) is 23.7 Å².